The number of rotatable bonds is 5. The maximum Gasteiger partial charge on any atom is 0.407 e. The van der Waals surface area contributed by atoms with Crippen LogP contribution in [0.2, 0.25) is 0 Å². The summed E-state index contributed by atoms with van der Waals surface area (Å²) in [6.07, 6.45) is 0.524. The van der Waals surface area contributed by atoms with Crippen LogP contribution in [0.3, 0.4) is 0 Å². The number of carbonyl (C=O) groups is 1. The van der Waals surface area contributed by atoms with Crippen molar-refractivity contribution < 1.29 is 19.4 Å². The molecular formula is C15H22N2O4. The Labute approximate surface area is 124 Å². The lowest BCUT2D eigenvalue weighted by molar-refractivity contribution is 0.166. The van der Waals surface area contributed by atoms with Gasteiger partial charge in [0.05, 0.1) is 13.7 Å². The Morgan fingerprint density at radius 1 is 1.52 bits per heavy atom. The number of amides is 1. The molecular weight excluding hydrogens is 272 g/mol. The van der Waals surface area contributed by atoms with E-state index in [0.29, 0.717) is 12.4 Å². The van der Waals surface area contributed by atoms with Gasteiger partial charge in [-0.15, -0.1) is 0 Å². The number of benzene rings is 1. The molecule has 1 atom stereocenters. The smallest absolute Gasteiger partial charge is 0.407 e. The summed E-state index contributed by atoms with van der Waals surface area (Å²) in [4.78, 5) is 13.4. The average Bonchev–Trinajstić information content (AvgIpc) is 2.90. The van der Waals surface area contributed by atoms with Crippen molar-refractivity contribution in [2.24, 2.45) is 0 Å². The van der Waals surface area contributed by atoms with E-state index in [0.717, 1.165) is 31.6 Å². The number of alkyl carbamates (subject to hydrolysis) is 1. The number of ether oxygens (including phenoxy) is 2. The molecule has 0 saturated carbocycles. The summed E-state index contributed by atoms with van der Waals surface area (Å²) >= 11 is 0. The molecule has 1 aliphatic heterocycles. The number of hydrogen-bond acceptors (Lipinski definition) is 5. The number of hydrogen-bond donors (Lipinski definition) is 2. The van der Waals surface area contributed by atoms with Crippen LogP contribution in [0.5, 0.6) is 11.5 Å². The molecule has 116 valence electrons. The minimum absolute atomic E-state index is 0.126. The molecule has 1 aromatic rings. The first kappa shape index (κ1) is 15.4. The third-order valence-electron chi connectivity index (χ3n) is 3.51. The fourth-order valence-electron chi connectivity index (χ4n) is 2.51. The highest BCUT2D eigenvalue weighted by molar-refractivity contribution is 5.67. The quantitative estimate of drug-likeness (QED) is 0.865. The first-order valence-electron chi connectivity index (χ1n) is 7.14. The molecule has 0 aromatic heterocycles. The second kappa shape index (κ2) is 7.17. The Kier molecular flexibility index (Phi) is 5.27. The van der Waals surface area contributed by atoms with Crippen molar-refractivity contribution in [2.45, 2.75) is 25.9 Å². The molecule has 1 heterocycles. The summed E-state index contributed by atoms with van der Waals surface area (Å²) in [6, 6.07) is 5.53. The zero-order chi connectivity index (χ0) is 15.2. The maximum atomic E-state index is 11.2. The maximum absolute atomic E-state index is 11.2. The van der Waals surface area contributed by atoms with E-state index in [1.807, 2.05) is 19.1 Å². The van der Waals surface area contributed by atoms with E-state index < -0.39 is 0 Å². The largest absolute Gasteiger partial charge is 0.504 e. The highest BCUT2D eigenvalue weighted by Gasteiger charge is 2.24. The topological polar surface area (TPSA) is 71.0 Å². The molecule has 1 amide bonds. The molecule has 6 heteroatoms. The van der Waals surface area contributed by atoms with E-state index in [4.69, 9.17) is 4.74 Å². The number of likely N-dealkylation sites (tertiary alicyclic amines) is 1. The molecule has 2 rings (SSSR count). The van der Waals surface area contributed by atoms with Crippen molar-refractivity contribution in [1.82, 2.24) is 10.2 Å². The molecule has 1 aromatic carbocycles. The van der Waals surface area contributed by atoms with Crippen LogP contribution in [0.1, 0.15) is 18.9 Å². The molecule has 2 N–H and O–H groups in total. The van der Waals surface area contributed by atoms with Gasteiger partial charge in [-0.2, -0.15) is 0 Å². The number of methoxy groups -OCH3 is 1. The Morgan fingerprint density at radius 3 is 3.05 bits per heavy atom. The van der Waals surface area contributed by atoms with E-state index in [1.54, 1.807) is 6.07 Å². The fourth-order valence-corrected chi connectivity index (χ4v) is 2.51. The van der Waals surface area contributed by atoms with Crippen molar-refractivity contribution in [3.63, 3.8) is 0 Å². The Bertz CT molecular complexity index is 493. The number of aromatic hydroxyl groups is 1. The lowest BCUT2D eigenvalue weighted by atomic mass is 10.2. The van der Waals surface area contributed by atoms with Crippen molar-refractivity contribution >= 4 is 6.09 Å². The molecule has 0 spiro atoms. The van der Waals surface area contributed by atoms with Crippen molar-refractivity contribution in [3.8, 4) is 11.5 Å². The normalized spacial score (nSPS) is 18.5. The van der Waals surface area contributed by atoms with Gasteiger partial charge in [0, 0.05) is 25.7 Å². The lowest BCUT2D eigenvalue weighted by Crippen LogP contribution is -2.36. The van der Waals surface area contributed by atoms with Gasteiger partial charge in [-0.1, -0.05) is 6.07 Å². The van der Waals surface area contributed by atoms with Crippen molar-refractivity contribution in [3.05, 3.63) is 23.8 Å². The van der Waals surface area contributed by atoms with E-state index in [1.165, 1.54) is 7.11 Å². The number of nitrogens with zero attached hydrogens (tertiary/aromatic N) is 1. The molecule has 0 bridgehead atoms. The number of carbonyl (C=O) groups excluding carboxylic acids is 1. The second-order valence-electron chi connectivity index (χ2n) is 5.09. The van der Waals surface area contributed by atoms with Crippen LogP contribution in [0.25, 0.3) is 0 Å². The lowest BCUT2D eigenvalue weighted by Gasteiger charge is -2.17. The highest BCUT2D eigenvalue weighted by atomic mass is 16.5. The molecule has 0 radical (unpaired) electrons. The molecule has 0 aliphatic carbocycles. The van der Waals surface area contributed by atoms with Gasteiger partial charge < -0.3 is 19.9 Å². The molecule has 1 unspecified atom stereocenters. The zero-order valence-corrected chi connectivity index (χ0v) is 12.5. The first-order chi connectivity index (χ1) is 10.1. The van der Waals surface area contributed by atoms with Gasteiger partial charge in [0.25, 0.3) is 0 Å². The average molecular weight is 294 g/mol. The second-order valence-corrected chi connectivity index (χ2v) is 5.09. The molecule has 21 heavy (non-hydrogen) atoms. The minimum Gasteiger partial charge on any atom is -0.504 e. The highest BCUT2D eigenvalue weighted by Crippen LogP contribution is 2.27. The van der Waals surface area contributed by atoms with Crippen LogP contribution >= 0.6 is 0 Å². The van der Waals surface area contributed by atoms with Gasteiger partial charge in [-0.3, -0.25) is 4.90 Å². The number of phenolic OH excluding ortho intramolecular Hbond substituents is 1. The van der Waals surface area contributed by atoms with Gasteiger partial charge in [-0.25, -0.2) is 4.79 Å². The van der Waals surface area contributed by atoms with Gasteiger partial charge in [-0.05, 0) is 31.0 Å². The van der Waals surface area contributed by atoms with Gasteiger partial charge >= 0.3 is 6.09 Å². The van der Waals surface area contributed by atoms with E-state index in [-0.39, 0.29) is 17.9 Å². The van der Waals surface area contributed by atoms with Crippen molar-refractivity contribution in [1.29, 1.82) is 0 Å². The van der Waals surface area contributed by atoms with Gasteiger partial charge in [0.2, 0.25) is 0 Å². The first-order valence-corrected chi connectivity index (χ1v) is 7.14. The van der Waals surface area contributed by atoms with Gasteiger partial charge in [0.1, 0.15) is 0 Å². The van der Waals surface area contributed by atoms with Crippen LogP contribution in [0.4, 0.5) is 4.79 Å². The van der Waals surface area contributed by atoms with Gasteiger partial charge in [0.15, 0.2) is 11.5 Å². The number of phenols is 1. The van der Waals surface area contributed by atoms with E-state index in [2.05, 4.69) is 15.0 Å². The predicted molar refractivity (Wildman–Crippen MR) is 78.5 cm³/mol. The zero-order valence-electron chi connectivity index (χ0n) is 12.5. The summed E-state index contributed by atoms with van der Waals surface area (Å²) in [7, 11) is 1.37. The van der Waals surface area contributed by atoms with Crippen LogP contribution in [-0.4, -0.2) is 48.9 Å². The SMILES string of the molecule is CCOc1cc(CN2CCC(NC(=O)OC)C2)ccc1O. The molecule has 6 nitrogen and oxygen atoms in total. The molecule has 1 saturated heterocycles. The van der Waals surface area contributed by atoms with Crippen LogP contribution in [-0.2, 0) is 11.3 Å². The summed E-state index contributed by atoms with van der Waals surface area (Å²) in [6.45, 7) is 4.88. The van der Waals surface area contributed by atoms with E-state index >= 15 is 0 Å². The summed E-state index contributed by atoms with van der Waals surface area (Å²) in [5.41, 5.74) is 1.08. The Morgan fingerprint density at radius 2 is 2.33 bits per heavy atom. The van der Waals surface area contributed by atoms with Crippen LogP contribution in [0.15, 0.2) is 18.2 Å². The molecule has 1 aliphatic rings. The molecule has 1 fully saturated rings. The summed E-state index contributed by atoms with van der Waals surface area (Å²) < 4.78 is 10.00. The third kappa shape index (κ3) is 4.26. The summed E-state index contributed by atoms with van der Waals surface area (Å²) in [5.74, 6) is 0.672. The van der Waals surface area contributed by atoms with Crippen LogP contribution in [0, 0.1) is 0 Å². The van der Waals surface area contributed by atoms with Crippen molar-refractivity contribution in [2.75, 3.05) is 26.8 Å². The monoisotopic (exact) mass is 294 g/mol. The Hall–Kier alpha value is -1.95. The standard InChI is InChI=1S/C15H22N2O4/c1-3-21-14-8-11(4-5-13(14)18)9-17-7-6-12(10-17)16-15(19)20-2/h4-5,8,12,18H,3,6-7,9-10H2,1-2H3,(H,16,19). The minimum atomic E-state index is -0.384. The third-order valence-corrected chi connectivity index (χ3v) is 3.51. The van der Waals surface area contributed by atoms with E-state index in [9.17, 15) is 9.90 Å². The summed E-state index contributed by atoms with van der Waals surface area (Å²) in [5, 5.41) is 12.5. The predicted octanol–water partition coefficient (Wildman–Crippen LogP) is 1.72. The number of nitrogens with one attached hydrogen (secondary N) is 1. The van der Waals surface area contributed by atoms with Crippen LogP contribution < -0.4 is 10.1 Å². The fraction of sp³-hybridized carbons (Fsp3) is 0.533. The Balaban J connectivity index is 1.91.